The summed E-state index contributed by atoms with van der Waals surface area (Å²) in [6.45, 7) is 5.90. The van der Waals surface area contributed by atoms with Crippen molar-refractivity contribution in [1.82, 2.24) is 10.3 Å². The average molecular weight is 290 g/mol. The third-order valence-electron chi connectivity index (χ3n) is 2.96. The maximum atomic E-state index is 5.21. The summed E-state index contributed by atoms with van der Waals surface area (Å²) in [6.07, 6.45) is 1.00. The number of nitrogens with one attached hydrogen (secondary N) is 1. The van der Waals surface area contributed by atoms with Crippen LogP contribution in [-0.4, -0.2) is 24.7 Å². The minimum atomic E-state index is 0.515. The van der Waals surface area contributed by atoms with Gasteiger partial charge in [-0.25, -0.2) is 4.98 Å². The SMILES string of the molecule is COCc1nc(-c2ccccc2)c(CCNC(C)C)s1. The first kappa shape index (κ1) is 15.2. The van der Waals surface area contributed by atoms with Crippen LogP contribution >= 0.6 is 11.3 Å². The topological polar surface area (TPSA) is 34.1 Å². The van der Waals surface area contributed by atoms with Gasteiger partial charge in [0.25, 0.3) is 0 Å². The highest BCUT2D eigenvalue weighted by Gasteiger charge is 2.12. The first-order valence-corrected chi connectivity index (χ1v) is 7.78. The fourth-order valence-corrected chi connectivity index (χ4v) is 3.11. The molecule has 0 amide bonds. The normalized spacial score (nSPS) is 11.2. The van der Waals surface area contributed by atoms with E-state index < -0.39 is 0 Å². The molecule has 1 N–H and O–H groups in total. The lowest BCUT2D eigenvalue weighted by molar-refractivity contribution is 0.184. The highest BCUT2D eigenvalue weighted by Crippen LogP contribution is 2.28. The van der Waals surface area contributed by atoms with Gasteiger partial charge in [-0.1, -0.05) is 44.2 Å². The van der Waals surface area contributed by atoms with Gasteiger partial charge in [0.2, 0.25) is 0 Å². The standard InChI is InChI=1S/C16H22N2OS/c1-12(2)17-10-9-14-16(13-7-5-4-6-8-13)18-15(20-14)11-19-3/h4-8,12,17H,9-11H2,1-3H3. The van der Waals surface area contributed by atoms with Gasteiger partial charge in [-0.2, -0.15) is 0 Å². The van der Waals surface area contributed by atoms with Crippen LogP contribution in [-0.2, 0) is 17.8 Å². The molecule has 1 aromatic carbocycles. The number of methoxy groups -OCH3 is 1. The van der Waals surface area contributed by atoms with E-state index in [9.17, 15) is 0 Å². The Morgan fingerprint density at radius 2 is 2.00 bits per heavy atom. The number of aromatic nitrogens is 1. The Kier molecular flexibility index (Phi) is 5.71. The van der Waals surface area contributed by atoms with Crippen molar-refractivity contribution in [3.8, 4) is 11.3 Å². The monoisotopic (exact) mass is 290 g/mol. The van der Waals surface area contributed by atoms with Crippen LogP contribution in [0.3, 0.4) is 0 Å². The quantitative estimate of drug-likeness (QED) is 0.847. The number of ether oxygens (including phenoxy) is 1. The molecule has 0 fully saturated rings. The zero-order chi connectivity index (χ0) is 14.4. The third kappa shape index (κ3) is 4.13. The van der Waals surface area contributed by atoms with Crippen LogP contribution in [0.2, 0.25) is 0 Å². The first-order valence-electron chi connectivity index (χ1n) is 6.97. The van der Waals surface area contributed by atoms with Crippen LogP contribution in [0.15, 0.2) is 30.3 Å². The molecular weight excluding hydrogens is 268 g/mol. The summed E-state index contributed by atoms with van der Waals surface area (Å²) in [4.78, 5) is 6.06. The maximum Gasteiger partial charge on any atom is 0.119 e. The van der Waals surface area contributed by atoms with E-state index >= 15 is 0 Å². The molecule has 0 atom stereocenters. The van der Waals surface area contributed by atoms with E-state index in [1.165, 1.54) is 10.4 Å². The summed E-state index contributed by atoms with van der Waals surface area (Å²) >= 11 is 1.75. The lowest BCUT2D eigenvalue weighted by atomic mass is 10.1. The van der Waals surface area contributed by atoms with E-state index in [1.807, 2.05) is 6.07 Å². The van der Waals surface area contributed by atoms with Gasteiger partial charge in [-0.15, -0.1) is 11.3 Å². The van der Waals surface area contributed by atoms with E-state index in [4.69, 9.17) is 9.72 Å². The van der Waals surface area contributed by atoms with Gasteiger partial charge in [0.15, 0.2) is 0 Å². The van der Waals surface area contributed by atoms with Crippen molar-refractivity contribution in [1.29, 1.82) is 0 Å². The van der Waals surface area contributed by atoms with E-state index in [-0.39, 0.29) is 0 Å². The lowest BCUT2D eigenvalue weighted by Crippen LogP contribution is -2.24. The van der Waals surface area contributed by atoms with Crippen LogP contribution in [0, 0.1) is 0 Å². The maximum absolute atomic E-state index is 5.21. The Balaban J connectivity index is 2.19. The molecule has 2 rings (SSSR count). The Morgan fingerprint density at radius 3 is 2.65 bits per heavy atom. The zero-order valence-electron chi connectivity index (χ0n) is 12.3. The molecule has 4 heteroatoms. The molecule has 2 aromatic rings. The molecule has 108 valence electrons. The molecule has 0 aliphatic carbocycles. The summed E-state index contributed by atoms with van der Waals surface area (Å²) in [5.74, 6) is 0. The van der Waals surface area contributed by atoms with Gasteiger partial charge in [0.05, 0.1) is 12.3 Å². The van der Waals surface area contributed by atoms with E-state index in [1.54, 1.807) is 18.4 Å². The number of benzene rings is 1. The third-order valence-corrected chi connectivity index (χ3v) is 4.05. The highest BCUT2D eigenvalue weighted by atomic mass is 32.1. The Labute approximate surface area is 125 Å². The number of hydrogen-bond donors (Lipinski definition) is 1. The molecule has 0 bridgehead atoms. The molecule has 0 aliphatic rings. The molecule has 0 saturated carbocycles. The van der Waals surface area contributed by atoms with Crippen molar-refractivity contribution in [2.24, 2.45) is 0 Å². The molecule has 0 spiro atoms. The summed E-state index contributed by atoms with van der Waals surface area (Å²) in [5.41, 5.74) is 2.29. The van der Waals surface area contributed by atoms with Gasteiger partial charge in [0, 0.05) is 30.1 Å². The largest absolute Gasteiger partial charge is 0.378 e. The van der Waals surface area contributed by atoms with Crippen LogP contribution < -0.4 is 5.32 Å². The molecule has 0 saturated heterocycles. The Bertz CT molecular complexity index is 523. The average Bonchev–Trinajstić information content (AvgIpc) is 2.83. The van der Waals surface area contributed by atoms with Crippen molar-refractivity contribution >= 4 is 11.3 Å². The minimum Gasteiger partial charge on any atom is -0.378 e. The molecule has 1 aromatic heterocycles. The molecule has 3 nitrogen and oxygen atoms in total. The predicted molar refractivity (Wildman–Crippen MR) is 85.1 cm³/mol. The van der Waals surface area contributed by atoms with E-state index in [2.05, 4.69) is 43.4 Å². The fourth-order valence-electron chi connectivity index (χ4n) is 2.05. The highest BCUT2D eigenvalue weighted by molar-refractivity contribution is 7.12. The number of nitrogens with zero attached hydrogens (tertiary/aromatic N) is 1. The molecular formula is C16H22N2OS. The van der Waals surface area contributed by atoms with Crippen LogP contribution in [0.5, 0.6) is 0 Å². The molecule has 0 aliphatic heterocycles. The second-order valence-electron chi connectivity index (χ2n) is 5.04. The van der Waals surface area contributed by atoms with Gasteiger partial charge >= 0.3 is 0 Å². The number of rotatable bonds is 7. The Hall–Kier alpha value is -1.23. The lowest BCUT2D eigenvalue weighted by Gasteiger charge is -2.07. The molecule has 1 heterocycles. The number of hydrogen-bond acceptors (Lipinski definition) is 4. The minimum absolute atomic E-state index is 0.515. The summed E-state index contributed by atoms with van der Waals surface area (Å²) < 4.78 is 5.21. The summed E-state index contributed by atoms with van der Waals surface area (Å²) in [6, 6.07) is 10.9. The van der Waals surface area contributed by atoms with Crippen LogP contribution in [0.25, 0.3) is 11.3 Å². The first-order chi connectivity index (χ1) is 9.70. The second kappa shape index (κ2) is 7.53. The predicted octanol–water partition coefficient (Wildman–Crippen LogP) is 3.50. The van der Waals surface area contributed by atoms with Gasteiger partial charge in [0.1, 0.15) is 5.01 Å². The zero-order valence-corrected chi connectivity index (χ0v) is 13.2. The van der Waals surface area contributed by atoms with Crippen molar-refractivity contribution in [3.05, 3.63) is 40.2 Å². The Morgan fingerprint density at radius 1 is 1.25 bits per heavy atom. The van der Waals surface area contributed by atoms with Crippen LogP contribution in [0.1, 0.15) is 23.7 Å². The van der Waals surface area contributed by atoms with Gasteiger partial charge in [-0.05, 0) is 6.42 Å². The molecule has 20 heavy (non-hydrogen) atoms. The summed E-state index contributed by atoms with van der Waals surface area (Å²) in [5, 5.41) is 4.51. The van der Waals surface area contributed by atoms with Gasteiger partial charge < -0.3 is 10.1 Å². The van der Waals surface area contributed by atoms with Crippen molar-refractivity contribution < 1.29 is 4.74 Å². The molecule has 0 unspecified atom stereocenters. The molecule has 0 radical (unpaired) electrons. The van der Waals surface area contributed by atoms with Gasteiger partial charge in [-0.3, -0.25) is 0 Å². The van der Waals surface area contributed by atoms with E-state index in [0.717, 1.165) is 23.7 Å². The number of thiazole rings is 1. The van der Waals surface area contributed by atoms with Crippen LogP contribution in [0.4, 0.5) is 0 Å². The fraction of sp³-hybridized carbons (Fsp3) is 0.438. The van der Waals surface area contributed by atoms with E-state index in [0.29, 0.717) is 12.6 Å². The summed E-state index contributed by atoms with van der Waals surface area (Å²) in [7, 11) is 1.71. The smallest absolute Gasteiger partial charge is 0.119 e. The van der Waals surface area contributed by atoms with Crippen molar-refractivity contribution in [2.45, 2.75) is 32.9 Å². The van der Waals surface area contributed by atoms with Crippen molar-refractivity contribution in [2.75, 3.05) is 13.7 Å². The van der Waals surface area contributed by atoms with Crippen molar-refractivity contribution in [3.63, 3.8) is 0 Å². The second-order valence-corrected chi connectivity index (χ2v) is 6.21.